The van der Waals surface area contributed by atoms with Crippen molar-refractivity contribution in [1.29, 1.82) is 0 Å². The minimum atomic E-state index is 0.636. The Kier molecular flexibility index (Phi) is 3.01. The van der Waals surface area contributed by atoms with Crippen LogP contribution in [0.25, 0.3) is 0 Å². The summed E-state index contributed by atoms with van der Waals surface area (Å²) in [5, 5.41) is 3.16. The first kappa shape index (κ1) is 9.90. The third kappa shape index (κ3) is 1.90. The van der Waals surface area contributed by atoms with Gasteiger partial charge in [-0.05, 0) is 25.5 Å². The van der Waals surface area contributed by atoms with Gasteiger partial charge >= 0.3 is 0 Å². The molecule has 0 spiro atoms. The molecule has 0 saturated carbocycles. The fourth-order valence-corrected chi connectivity index (χ4v) is 3.06. The van der Waals surface area contributed by atoms with E-state index < -0.39 is 0 Å². The Labute approximate surface area is 89.3 Å². The Hall–Kier alpha value is -0.640. The number of imidazole rings is 1. The number of nitrogens with zero attached hydrogens (tertiary/aromatic N) is 2. The van der Waals surface area contributed by atoms with Crippen LogP contribution in [0.4, 0.5) is 5.95 Å². The normalized spacial score (nSPS) is 22.3. The van der Waals surface area contributed by atoms with E-state index in [1.165, 1.54) is 24.3 Å². The SMILES string of the molecule is CNc1nc(C)cn1C1CCCSC1. The molecule has 0 amide bonds. The molecule has 1 aromatic rings. The summed E-state index contributed by atoms with van der Waals surface area (Å²) in [4.78, 5) is 4.45. The lowest BCUT2D eigenvalue weighted by Gasteiger charge is -2.23. The Morgan fingerprint density at radius 1 is 1.64 bits per heavy atom. The molecule has 4 heteroatoms. The number of rotatable bonds is 2. The molecule has 3 nitrogen and oxygen atoms in total. The largest absolute Gasteiger partial charge is 0.359 e. The number of aromatic nitrogens is 2. The summed E-state index contributed by atoms with van der Waals surface area (Å²) in [7, 11) is 1.94. The molecule has 2 heterocycles. The number of hydrogen-bond acceptors (Lipinski definition) is 3. The lowest BCUT2D eigenvalue weighted by Crippen LogP contribution is -2.17. The van der Waals surface area contributed by atoms with Crippen molar-refractivity contribution in [2.24, 2.45) is 0 Å². The van der Waals surface area contributed by atoms with E-state index in [0.717, 1.165) is 11.6 Å². The van der Waals surface area contributed by atoms with Crippen LogP contribution in [0.2, 0.25) is 0 Å². The maximum absolute atomic E-state index is 4.45. The van der Waals surface area contributed by atoms with Gasteiger partial charge in [0, 0.05) is 25.0 Å². The summed E-state index contributed by atoms with van der Waals surface area (Å²) in [6, 6.07) is 0.636. The molecule has 1 unspecified atom stereocenters. The fourth-order valence-electron chi connectivity index (χ4n) is 1.92. The average Bonchev–Trinajstić information content (AvgIpc) is 2.61. The number of thioether (sulfide) groups is 1. The second kappa shape index (κ2) is 4.26. The van der Waals surface area contributed by atoms with Crippen molar-refractivity contribution in [3.05, 3.63) is 11.9 Å². The summed E-state index contributed by atoms with van der Waals surface area (Å²) in [6.07, 6.45) is 4.77. The molecule has 1 aliphatic rings. The lowest BCUT2D eigenvalue weighted by atomic mass is 10.2. The lowest BCUT2D eigenvalue weighted by molar-refractivity contribution is 0.504. The van der Waals surface area contributed by atoms with Crippen molar-refractivity contribution in [3.63, 3.8) is 0 Å². The highest BCUT2D eigenvalue weighted by Crippen LogP contribution is 2.29. The van der Waals surface area contributed by atoms with Crippen molar-refractivity contribution in [3.8, 4) is 0 Å². The van der Waals surface area contributed by atoms with Gasteiger partial charge in [0.2, 0.25) is 5.95 Å². The Morgan fingerprint density at radius 2 is 2.50 bits per heavy atom. The van der Waals surface area contributed by atoms with Crippen LogP contribution in [0.1, 0.15) is 24.6 Å². The highest BCUT2D eigenvalue weighted by molar-refractivity contribution is 7.99. The van der Waals surface area contributed by atoms with E-state index in [0.29, 0.717) is 6.04 Å². The van der Waals surface area contributed by atoms with Crippen LogP contribution in [-0.4, -0.2) is 28.1 Å². The molecule has 1 atom stereocenters. The smallest absolute Gasteiger partial charge is 0.203 e. The zero-order chi connectivity index (χ0) is 9.97. The highest BCUT2D eigenvalue weighted by Gasteiger charge is 2.18. The standard InChI is InChI=1S/C10H17N3S/c1-8-6-13(10(11-2)12-8)9-4-3-5-14-7-9/h6,9H,3-5,7H2,1-2H3,(H,11,12). The third-order valence-electron chi connectivity index (χ3n) is 2.61. The Bertz CT molecular complexity index is 302. The monoisotopic (exact) mass is 211 g/mol. The molecular formula is C10H17N3S. The van der Waals surface area contributed by atoms with Crippen molar-refractivity contribution in [2.75, 3.05) is 23.9 Å². The van der Waals surface area contributed by atoms with E-state index in [4.69, 9.17) is 0 Å². The van der Waals surface area contributed by atoms with Gasteiger partial charge in [-0.1, -0.05) is 0 Å². The van der Waals surface area contributed by atoms with Crippen molar-refractivity contribution < 1.29 is 0 Å². The number of aryl methyl sites for hydroxylation is 1. The van der Waals surface area contributed by atoms with E-state index in [-0.39, 0.29) is 0 Å². The molecule has 2 rings (SSSR count). The first-order valence-corrected chi connectivity index (χ1v) is 6.27. The molecule has 1 saturated heterocycles. The van der Waals surface area contributed by atoms with Crippen molar-refractivity contribution in [2.45, 2.75) is 25.8 Å². The molecule has 1 N–H and O–H groups in total. The van der Waals surface area contributed by atoms with E-state index in [1.54, 1.807) is 0 Å². The topological polar surface area (TPSA) is 29.9 Å². The molecule has 78 valence electrons. The minimum absolute atomic E-state index is 0.636. The summed E-state index contributed by atoms with van der Waals surface area (Å²) < 4.78 is 2.29. The first-order valence-electron chi connectivity index (χ1n) is 5.12. The van der Waals surface area contributed by atoms with Crippen LogP contribution in [-0.2, 0) is 0 Å². The maximum Gasteiger partial charge on any atom is 0.203 e. The van der Waals surface area contributed by atoms with Gasteiger partial charge in [0.15, 0.2) is 0 Å². The number of nitrogens with one attached hydrogen (secondary N) is 1. The Balaban J connectivity index is 2.20. The first-order chi connectivity index (χ1) is 6.81. The van der Waals surface area contributed by atoms with Crippen molar-refractivity contribution in [1.82, 2.24) is 9.55 Å². The quantitative estimate of drug-likeness (QED) is 0.814. The summed E-state index contributed by atoms with van der Waals surface area (Å²) in [6.45, 7) is 2.05. The highest BCUT2D eigenvalue weighted by atomic mass is 32.2. The Morgan fingerprint density at radius 3 is 3.14 bits per heavy atom. The van der Waals surface area contributed by atoms with Crippen LogP contribution >= 0.6 is 11.8 Å². The van der Waals surface area contributed by atoms with Gasteiger partial charge in [-0.25, -0.2) is 4.98 Å². The van der Waals surface area contributed by atoms with Gasteiger partial charge in [-0.2, -0.15) is 11.8 Å². The van der Waals surface area contributed by atoms with E-state index >= 15 is 0 Å². The van der Waals surface area contributed by atoms with Gasteiger partial charge in [-0.15, -0.1) is 0 Å². The fraction of sp³-hybridized carbons (Fsp3) is 0.700. The van der Waals surface area contributed by atoms with Gasteiger partial charge < -0.3 is 9.88 Å². The molecule has 1 fully saturated rings. The van der Waals surface area contributed by atoms with Gasteiger partial charge in [0.05, 0.1) is 5.69 Å². The van der Waals surface area contributed by atoms with Crippen LogP contribution in [0.15, 0.2) is 6.20 Å². The van der Waals surface area contributed by atoms with Crippen molar-refractivity contribution >= 4 is 17.7 Å². The molecule has 0 aliphatic carbocycles. The van der Waals surface area contributed by atoms with Gasteiger partial charge in [0.1, 0.15) is 0 Å². The van der Waals surface area contributed by atoms with Crippen LogP contribution in [0.5, 0.6) is 0 Å². The molecule has 0 aromatic carbocycles. The number of anilines is 1. The minimum Gasteiger partial charge on any atom is -0.359 e. The predicted octanol–water partition coefficient (Wildman–Crippen LogP) is 2.30. The second-order valence-electron chi connectivity index (χ2n) is 3.73. The maximum atomic E-state index is 4.45. The van der Waals surface area contributed by atoms with E-state index in [9.17, 15) is 0 Å². The zero-order valence-corrected chi connectivity index (χ0v) is 9.60. The summed E-state index contributed by atoms with van der Waals surface area (Å²) in [5.41, 5.74) is 1.10. The van der Waals surface area contributed by atoms with Gasteiger partial charge in [0.25, 0.3) is 0 Å². The molecule has 1 aromatic heterocycles. The molecular weight excluding hydrogens is 194 g/mol. The summed E-state index contributed by atoms with van der Waals surface area (Å²) >= 11 is 2.05. The molecule has 0 radical (unpaired) electrons. The molecule has 0 bridgehead atoms. The van der Waals surface area contributed by atoms with Crippen LogP contribution < -0.4 is 5.32 Å². The van der Waals surface area contributed by atoms with E-state index in [2.05, 4.69) is 21.1 Å². The average molecular weight is 211 g/mol. The zero-order valence-electron chi connectivity index (χ0n) is 8.79. The van der Waals surface area contributed by atoms with E-state index in [1.807, 2.05) is 25.7 Å². The number of hydrogen-bond donors (Lipinski definition) is 1. The summed E-state index contributed by atoms with van der Waals surface area (Å²) in [5.74, 6) is 3.55. The predicted molar refractivity (Wildman–Crippen MR) is 62.1 cm³/mol. The molecule has 14 heavy (non-hydrogen) atoms. The van der Waals surface area contributed by atoms with Crippen LogP contribution in [0, 0.1) is 6.92 Å². The van der Waals surface area contributed by atoms with Gasteiger partial charge in [-0.3, -0.25) is 0 Å². The second-order valence-corrected chi connectivity index (χ2v) is 4.88. The third-order valence-corrected chi connectivity index (χ3v) is 3.80. The van der Waals surface area contributed by atoms with Crippen LogP contribution in [0.3, 0.4) is 0 Å². The molecule has 1 aliphatic heterocycles.